The first-order valence-electron chi connectivity index (χ1n) is 8.64. The molecule has 1 heterocycles. The summed E-state index contributed by atoms with van der Waals surface area (Å²) in [7, 11) is 4.11. The summed E-state index contributed by atoms with van der Waals surface area (Å²) in [6, 6.07) is 10.8. The zero-order valence-electron chi connectivity index (χ0n) is 15.2. The minimum Gasteiger partial charge on any atom is -0.377 e. The van der Waals surface area contributed by atoms with E-state index in [0.29, 0.717) is 24.6 Å². The van der Waals surface area contributed by atoms with Crippen molar-refractivity contribution in [3.63, 3.8) is 0 Å². The predicted octanol–water partition coefficient (Wildman–Crippen LogP) is 3.52. The van der Waals surface area contributed by atoms with Gasteiger partial charge in [-0.2, -0.15) is 0 Å². The van der Waals surface area contributed by atoms with Gasteiger partial charge in [-0.15, -0.1) is 24.0 Å². The summed E-state index contributed by atoms with van der Waals surface area (Å²) in [5.74, 6) is 1.58. The molecule has 4 nitrogen and oxygen atoms in total. The quantitative estimate of drug-likeness (QED) is 0.442. The van der Waals surface area contributed by atoms with Crippen LogP contribution < -0.4 is 5.32 Å². The first-order chi connectivity index (χ1) is 11.0. The van der Waals surface area contributed by atoms with Crippen LogP contribution >= 0.6 is 24.0 Å². The molecule has 0 bridgehead atoms. The van der Waals surface area contributed by atoms with Gasteiger partial charge in [0.15, 0.2) is 5.96 Å². The third-order valence-electron chi connectivity index (χ3n) is 5.29. The van der Waals surface area contributed by atoms with Gasteiger partial charge < -0.3 is 15.0 Å². The van der Waals surface area contributed by atoms with E-state index in [2.05, 4.69) is 62.4 Å². The molecular weight excluding hydrogens is 413 g/mol. The lowest BCUT2D eigenvalue weighted by atomic mass is 9.55. The molecule has 2 fully saturated rings. The Morgan fingerprint density at radius 1 is 1.29 bits per heavy atom. The Kier molecular flexibility index (Phi) is 6.53. The lowest BCUT2D eigenvalue weighted by molar-refractivity contribution is -0.188. The summed E-state index contributed by atoms with van der Waals surface area (Å²) in [5.41, 5.74) is 1.40. The maximum Gasteiger partial charge on any atom is 0.193 e. The largest absolute Gasteiger partial charge is 0.377 e. The second kappa shape index (κ2) is 8.04. The van der Waals surface area contributed by atoms with Gasteiger partial charge in [0.25, 0.3) is 0 Å². The zero-order chi connectivity index (χ0) is 16.4. The van der Waals surface area contributed by atoms with Crippen LogP contribution in [0.4, 0.5) is 0 Å². The fraction of sp³-hybridized carbons (Fsp3) is 0.632. The standard InChI is InChI=1S/C19H29N3O.HI/c1-19(2)16(15-11-8-12-23-17(15)19)21-18(22(3)4)20-13-14-9-6-5-7-10-14;/h5-7,9-10,15-17H,8,11-13H2,1-4H3,(H,20,21);1H. The van der Waals surface area contributed by atoms with Crippen molar-refractivity contribution < 1.29 is 4.74 Å². The molecule has 1 saturated carbocycles. The first kappa shape index (κ1) is 19.5. The van der Waals surface area contributed by atoms with Gasteiger partial charge in [-0.3, -0.25) is 0 Å². The van der Waals surface area contributed by atoms with Gasteiger partial charge in [0.05, 0.1) is 12.6 Å². The highest BCUT2D eigenvalue weighted by Gasteiger charge is 2.58. The van der Waals surface area contributed by atoms with Crippen molar-refractivity contribution in [2.24, 2.45) is 16.3 Å². The van der Waals surface area contributed by atoms with Gasteiger partial charge in [-0.05, 0) is 18.4 Å². The second-order valence-corrected chi connectivity index (χ2v) is 7.56. The average Bonchev–Trinajstić information content (AvgIpc) is 2.55. The van der Waals surface area contributed by atoms with E-state index in [1.54, 1.807) is 0 Å². The van der Waals surface area contributed by atoms with Crippen molar-refractivity contribution in [2.45, 2.75) is 45.4 Å². The van der Waals surface area contributed by atoms with Crippen LogP contribution in [0, 0.1) is 11.3 Å². The van der Waals surface area contributed by atoms with Crippen LogP contribution in [0.5, 0.6) is 0 Å². The third-order valence-corrected chi connectivity index (χ3v) is 5.29. The molecule has 3 unspecified atom stereocenters. The Morgan fingerprint density at radius 3 is 2.67 bits per heavy atom. The smallest absolute Gasteiger partial charge is 0.193 e. The third kappa shape index (κ3) is 3.87. The van der Waals surface area contributed by atoms with E-state index in [-0.39, 0.29) is 29.4 Å². The van der Waals surface area contributed by atoms with Crippen molar-refractivity contribution in [1.82, 2.24) is 10.2 Å². The molecule has 5 heteroatoms. The summed E-state index contributed by atoms with van der Waals surface area (Å²) in [4.78, 5) is 6.89. The monoisotopic (exact) mass is 443 g/mol. The summed E-state index contributed by atoms with van der Waals surface area (Å²) in [5, 5.41) is 3.71. The van der Waals surface area contributed by atoms with Crippen molar-refractivity contribution in [2.75, 3.05) is 20.7 Å². The number of guanidine groups is 1. The molecule has 134 valence electrons. The Balaban J connectivity index is 0.00000208. The molecule has 0 amide bonds. The number of nitrogens with zero attached hydrogens (tertiary/aromatic N) is 2. The molecule has 1 N–H and O–H groups in total. The van der Waals surface area contributed by atoms with Crippen LogP contribution in [0.15, 0.2) is 35.3 Å². The summed E-state index contributed by atoms with van der Waals surface area (Å²) in [6.45, 7) is 6.24. The minimum atomic E-state index is 0. The van der Waals surface area contributed by atoms with Gasteiger partial charge in [0.1, 0.15) is 0 Å². The minimum absolute atomic E-state index is 0. The molecule has 0 radical (unpaired) electrons. The number of ether oxygens (including phenoxy) is 1. The number of halogens is 1. The highest BCUT2D eigenvalue weighted by Crippen LogP contribution is 2.51. The van der Waals surface area contributed by atoms with Gasteiger partial charge in [-0.25, -0.2) is 4.99 Å². The average molecular weight is 443 g/mol. The molecule has 1 aliphatic heterocycles. The fourth-order valence-corrected chi connectivity index (χ4v) is 4.02. The number of benzene rings is 1. The molecule has 1 aromatic carbocycles. The zero-order valence-corrected chi connectivity index (χ0v) is 17.5. The normalized spacial score (nSPS) is 28.2. The van der Waals surface area contributed by atoms with E-state index in [0.717, 1.165) is 12.6 Å². The van der Waals surface area contributed by atoms with Gasteiger partial charge in [0, 0.05) is 38.1 Å². The van der Waals surface area contributed by atoms with Crippen LogP contribution in [0.25, 0.3) is 0 Å². The molecule has 3 rings (SSSR count). The van der Waals surface area contributed by atoms with E-state index in [1.165, 1.54) is 18.4 Å². The van der Waals surface area contributed by atoms with Crippen LogP contribution in [0.3, 0.4) is 0 Å². The topological polar surface area (TPSA) is 36.9 Å². The maximum absolute atomic E-state index is 6.00. The number of fused-ring (bicyclic) bond motifs is 1. The second-order valence-electron chi connectivity index (χ2n) is 7.56. The number of rotatable bonds is 3. The lowest BCUT2D eigenvalue weighted by Gasteiger charge is -2.60. The SMILES string of the molecule is CN(C)C(=NCc1ccccc1)NC1C2CCCOC2C1(C)C.I. The molecule has 24 heavy (non-hydrogen) atoms. The van der Waals surface area contributed by atoms with Crippen LogP contribution in [0.1, 0.15) is 32.3 Å². The highest BCUT2D eigenvalue weighted by atomic mass is 127. The molecule has 2 aliphatic rings. The maximum atomic E-state index is 6.00. The van der Waals surface area contributed by atoms with Gasteiger partial charge in [-0.1, -0.05) is 44.2 Å². The Bertz CT molecular complexity index is 559. The Hall–Kier alpha value is -0.820. The van der Waals surface area contributed by atoms with Crippen LogP contribution in [-0.2, 0) is 11.3 Å². The van der Waals surface area contributed by atoms with Crippen molar-refractivity contribution >= 4 is 29.9 Å². The number of nitrogens with one attached hydrogen (secondary N) is 1. The van der Waals surface area contributed by atoms with Crippen molar-refractivity contribution in [1.29, 1.82) is 0 Å². The van der Waals surface area contributed by atoms with Crippen molar-refractivity contribution in [3.05, 3.63) is 35.9 Å². The van der Waals surface area contributed by atoms with Gasteiger partial charge >= 0.3 is 0 Å². The summed E-state index contributed by atoms with van der Waals surface area (Å²) in [6.07, 6.45) is 2.82. The molecule has 3 atom stereocenters. The molecule has 1 aromatic rings. The predicted molar refractivity (Wildman–Crippen MR) is 110 cm³/mol. The van der Waals surface area contributed by atoms with Crippen LogP contribution in [0.2, 0.25) is 0 Å². The van der Waals surface area contributed by atoms with E-state index < -0.39 is 0 Å². The molecule has 1 saturated heterocycles. The van der Waals surface area contributed by atoms with E-state index in [4.69, 9.17) is 9.73 Å². The first-order valence-corrected chi connectivity index (χ1v) is 8.64. The Labute approximate surface area is 163 Å². The molecule has 0 aromatic heterocycles. The van der Waals surface area contributed by atoms with Crippen LogP contribution in [-0.4, -0.2) is 43.7 Å². The van der Waals surface area contributed by atoms with E-state index >= 15 is 0 Å². The van der Waals surface area contributed by atoms with Crippen molar-refractivity contribution in [3.8, 4) is 0 Å². The van der Waals surface area contributed by atoms with E-state index in [1.807, 2.05) is 6.07 Å². The lowest BCUT2D eigenvalue weighted by Crippen LogP contribution is -2.70. The Morgan fingerprint density at radius 2 is 2.00 bits per heavy atom. The number of aliphatic imine (C=N–C) groups is 1. The number of hydrogen-bond donors (Lipinski definition) is 1. The molecule has 0 spiro atoms. The van der Waals surface area contributed by atoms with Gasteiger partial charge in [0.2, 0.25) is 0 Å². The summed E-state index contributed by atoms with van der Waals surface area (Å²) < 4.78 is 6.00. The number of hydrogen-bond acceptors (Lipinski definition) is 2. The molecular formula is C19H30IN3O. The fourth-order valence-electron chi connectivity index (χ4n) is 4.02. The van der Waals surface area contributed by atoms with E-state index in [9.17, 15) is 0 Å². The molecule has 1 aliphatic carbocycles. The highest BCUT2D eigenvalue weighted by molar-refractivity contribution is 14.0. The summed E-state index contributed by atoms with van der Waals surface area (Å²) >= 11 is 0.